The topological polar surface area (TPSA) is 57.7 Å². The third kappa shape index (κ3) is 1.91. The number of likely N-dealkylation sites (N-methyl/N-ethyl adjacent to an activating group) is 1. The van der Waals surface area contributed by atoms with Gasteiger partial charge in [-0.15, -0.1) is 0 Å². The summed E-state index contributed by atoms with van der Waals surface area (Å²) < 4.78 is 27.1. The van der Waals surface area contributed by atoms with Gasteiger partial charge in [0.25, 0.3) is 0 Å². The Balaban J connectivity index is 1.46. The number of rotatable bonds is 2. The fourth-order valence-electron chi connectivity index (χ4n) is 5.30. The highest BCUT2D eigenvalue weighted by Crippen LogP contribution is 2.65. The zero-order chi connectivity index (χ0) is 15.2. The summed E-state index contributed by atoms with van der Waals surface area (Å²) in [6.45, 7) is 4.57. The average Bonchev–Trinajstić information content (AvgIpc) is 3.07. The van der Waals surface area contributed by atoms with Gasteiger partial charge in [-0.05, 0) is 42.9 Å². The Labute approximate surface area is 126 Å². The van der Waals surface area contributed by atoms with Gasteiger partial charge in [0.05, 0.1) is 11.8 Å². The number of sulfonamides is 1. The molecule has 21 heavy (non-hydrogen) atoms. The van der Waals surface area contributed by atoms with Crippen molar-refractivity contribution in [3.8, 4) is 0 Å². The molecule has 3 aliphatic carbocycles. The van der Waals surface area contributed by atoms with E-state index < -0.39 is 10.0 Å². The molecule has 0 N–H and O–H groups in total. The van der Waals surface area contributed by atoms with E-state index in [1.54, 1.807) is 11.9 Å². The number of nitrogens with zero attached hydrogens (tertiary/aromatic N) is 2. The van der Waals surface area contributed by atoms with Gasteiger partial charge in [-0.1, -0.05) is 13.8 Å². The molecule has 0 aromatic carbocycles. The summed E-state index contributed by atoms with van der Waals surface area (Å²) in [7, 11) is -1.50. The smallest absolute Gasteiger partial charge is 0.237 e. The lowest BCUT2D eigenvalue weighted by Gasteiger charge is -2.61. The van der Waals surface area contributed by atoms with Gasteiger partial charge in [0.2, 0.25) is 15.9 Å². The highest BCUT2D eigenvalue weighted by molar-refractivity contribution is 7.89. The van der Waals surface area contributed by atoms with Gasteiger partial charge in [-0.3, -0.25) is 4.79 Å². The van der Waals surface area contributed by atoms with Crippen molar-refractivity contribution in [2.24, 2.45) is 10.8 Å². The summed E-state index contributed by atoms with van der Waals surface area (Å²) in [5.41, 5.74) is 0.681. The first kappa shape index (κ1) is 14.0. The van der Waals surface area contributed by atoms with Crippen molar-refractivity contribution in [1.29, 1.82) is 0 Å². The molecule has 0 aromatic heterocycles. The van der Waals surface area contributed by atoms with Crippen LogP contribution in [0.4, 0.5) is 0 Å². The second-order valence-electron chi connectivity index (χ2n) is 8.51. The zero-order valence-corrected chi connectivity index (χ0v) is 13.8. The van der Waals surface area contributed by atoms with Crippen LogP contribution >= 0.6 is 0 Å². The summed E-state index contributed by atoms with van der Waals surface area (Å²) in [4.78, 5) is 13.6. The number of carbonyl (C=O) groups is 1. The van der Waals surface area contributed by atoms with Gasteiger partial charge in [-0.2, -0.15) is 4.31 Å². The van der Waals surface area contributed by atoms with Crippen molar-refractivity contribution >= 4 is 15.9 Å². The molecule has 1 saturated heterocycles. The molecular formula is C15H24N2O3S. The Hall–Kier alpha value is -0.620. The first-order valence-corrected chi connectivity index (χ1v) is 9.40. The molecule has 0 bridgehead atoms. The number of amides is 1. The van der Waals surface area contributed by atoms with Crippen molar-refractivity contribution in [2.45, 2.75) is 63.3 Å². The first-order chi connectivity index (χ1) is 9.64. The van der Waals surface area contributed by atoms with Crippen LogP contribution < -0.4 is 0 Å². The predicted octanol–water partition coefficient (Wildman–Crippen LogP) is 1.20. The fraction of sp³-hybridized carbons (Fsp3) is 0.933. The molecule has 1 amide bonds. The van der Waals surface area contributed by atoms with Crippen LogP contribution in [0.1, 0.15) is 46.0 Å². The van der Waals surface area contributed by atoms with E-state index in [4.69, 9.17) is 0 Å². The zero-order valence-electron chi connectivity index (χ0n) is 13.0. The van der Waals surface area contributed by atoms with Crippen molar-refractivity contribution in [1.82, 2.24) is 9.21 Å². The van der Waals surface area contributed by atoms with Crippen LogP contribution in [-0.4, -0.2) is 54.5 Å². The minimum absolute atomic E-state index is 0.0482. The Kier molecular flexibility index (Phi) is 2.55. The van der Waals surface area contributed by atoms with Crippen molar-refractivity contribution in [3.63, 3.8) is 0 Å². The number of fused-ring (bicyclic) bond motifs is 1. The Morgan fingerprint density at radius 1 is 1.14 bits per heavy atom. The van der Waals surface area contributed by atoms with E-state index in [0.717, 1.165) is 32.1 Å². The average molecular weight is 312 g/mol. The lowest BCUT2D eigenvalue weighted by Crippen LogP contribution is -2.60. The maximum Gasteiger partial charge on any atom is 0.237 e. The SMILES string of the molecule is CN1C(=O)CN(S(=O)(=O)C2CC3(C2)CC(C)(C)C3)[C@H]2C[C@H]21. The van der Waals surface area contributed by atoms with Gasteiger partial charge in [-0.25, -0.2) is 8.42 Å². The van der Waals surface area contributed by atoms with E-state index in [9.17, 15) is 13.2 Å². The molecule has 6 heteroatoms. The normalized spacial score (nSPS) is 37.9. The molecule has 4 rings (SSSR count). The van der Waals surface area contributed by atoms with E-state index in [1.165, 1.54) is 4.31 Å². The van der Waals surface area contributed by atoms with E-state index in [1.807, 2.05) is 0 Å². The molecule has 0 aromatic rings. The van der Waals surface area contributed by atoms with Crippen LogP contribution in [0.25, 0.3) is 0 Å². The van der Waals surface area contributed by atoms with Crippen LogP contribution in [0.15, 0.2) is 0 Å². The molecule has 0 radical (unpaired) electrons. The number of carbonyl (C=O) groups excluding carboxylic acids is 1. The van der Waals surface area contributed by atoms with Crippen molar-refractivity contribution in [3.05, 3.63) is 0 Å². The number of hydrogen-bond donors (Lipinski definition) is 0. The van der Waals surface area contributed by atoms with E-state index >= 15 is 0 Å². The van der Waals surface area contributed by atoms with Crippen molar-refractivity contribution < 1.29 is 13.2 Å². The van der Waals surface area contributed by atoms with Crippen LogP contribution in [0.5, 0.6) is 0 Å². The van der Waals surface area contributed by atoms with Crippen molar-refractivity contribution in [2.75, 3.05) is 13.6 Å². The third-order valence-electron chi connectivity index (χ3n) is 6.05. The standard InChI is InChI=1S/C15H24N2O3S/c1-14(2)8-15(9-14)5-10(6-15)21(19,20)17-7-13(18)16(3)11-4-12(11)17/h10-12H,4-9H2,1-3H3/t11-,12+/m1/s1. The Bertz CT molecular complexity index is 596. The second-order valence-corrected chi connectivity index (χ2v) is 10.7. The maximum absolute atomic E-state index is 12.8. The van der Waals surface area contributed by atoms with E-state index in [-0.39, 0.29) is 29.8 Å². The fourth-order valence-corrected chi connectivity index (χ4v) is 7.70. The highest BCUT2D eigenvalue weighted by Gasteiger charge is 2.62. The molecule has 118 valence electrons. The lowest BCUT2D eigenvalue weighted by molar-refractivity contribution is -0.132. The largest absolute Gasteiger partial charge is 0.340 e. The molecule has 1 aliphatic heterocycles. The van der Waals surface area contributed by atoms with Crippen LogP contribution in [-0.2, 0) is 14.8 Å². The second kappa shape index (κ2) is 3.82. The Morgan fingerprint density at radius 3 is 2.33 bits per heavy atom. The predicted molar refractivity (Wildman–Crippen MR) is 79.1 cm³/mol. The minimum Gasteiger partial charge on any atom is -0.340 e. The van der Waals surface area contributed by atoms with Gasteiger partial charge in [0.1, 0.15) is 0 Å². The van der Waals surface area contributed by atoms with Gasteiger partial charge in [0.15, 0.2) is 0 Å². The molecule has 0 unspecified atom stereocenters. The van der Waals surface area contributed by atoms with Gasteiger partial charge >= 0.3 is 0 Å². The summed E-state index contributed by atoms with van der Waals surface area (Å²) >= 11 is 0. The van der Waals surface area contributed by atoms with E-state index in [0.29, 0.717) is 10.8 Å². The summed E-state index contributed by atoms with van der Waals surface area (Å²) in [5.74, 6) is -0.0591. The molecular weight excluding hydrogens is 288 g/mol. The minimum atomic E-state index is -3.29. The van der Waals surface area contributed by atoms with E-state index in [2.05, 4.69) is 13.8 Å². The van der Waals surface area contributed by atoms with Crippen LogP contribution in [0.2, 0.25) is 0 Å². The lowest BCUT2D eigenvalue weighted by atomic mass is 9.46. The molecule has 5 nitrogen and oxygen atoms in total. The molecule has 1 spiro atoms. The number of piperazine rings is 1. The molecule has 4 aliphatic rings. The number of hydrogen-bond acceptors (Lipinski definition) is 3. The first-order valence-electron chi connectivity index (χ1n) is 7.90. The van der Waals surface area contributed by atoms with Gasteiger partial charge in [0, 0.05) is 19.1 Å². The molecule has 3 saturated carbocycles. The van der Waals surface area contributed by atoms with Gasteiger partial charge < -0.3 is 4.90 Å². The van der Waals surface area contributed by atoms with Crippen LogP contribution in [0, 0.1) is 10.8 Å². The van der Waals surface area contributed by atoms with Crippen LogP contribution in [0.3, 0.4) is 0 Å². The Morgan fingerprint density at radius 2 is 1.76 bits per heavy atom. The summed E-state index contributed by atoms with van der Waals surface area (Å²) in [6, 6.07) is 0.171. The third-order valence-corrected chi connectivity index (χ3v) is 8.28. The monoisotopic (exact) mass is 312 g/mol. The molecule has 1 heterocycles. The summed E-state index contributed by atoms with van der Waals surface area (Å²) in [5, 5.41) is -0.244. The molecule has 4 fully saturated rings. The highest BCUT2D eigenvalue weighted by atomic mass is 32.2. The quantitative estimate of drug-likeness (QED) is 0.770. The molecule has 2 atom stereocenters. The maximum atomic E-state index is 12.8. The summed E-state index contributed by atoms with van der Waals surface area (Å²) in [6.07, 6.45) is 4.72.